The molecule has 0 saturated carbocycles. The van der Waals surface area contributed by atoms with E-state index >= 15 is 0 Å². The highest BCUT2D eigenvalue weighted by Crippen LogP contribution is 1.93. The third-order valence-electron chi connectivity index (χ3n) is 2.47. The van der Waals surface area contributed by atoms with Crippen LogP contribution in [0.3, 0.4) is 0 Å². The van der Waals surface area contributed by atoms with Crippen molar-refractivity contribution in [2.75, 3.05) is 39.9 Å². The second-order valence-electron chi connectivity index (χ2n) is 4.12. The minimum Gasteiger partial charge on any atom is -0.481 e. The summed E-state index contributed by atoms with van der Waals surface area (Å²) in [4.78, 5) is 23.9. The van der Waals surface area contributed by atoms with E-state index in [-0.39, 0.29) is 18.9 Å². The van der Waals surface area contributed by atoms with Gasteiger partial charge in [0.25, 0.3) is 0 Å². The molecule has 0 bridgehead atoms. The highest BCUT2D eigenvalue weighted by Gasteiger charge is 2.11. The first-order valence-corrected chi connectivity index (χ1v) is 6.30. The van der Waals surface area contributed by atoms with Crippen LogP contribution in [0.4, 0.5) is 0 Å². The summed E-state index contributed by atoms with van der Waals surface area (Å²) in [5.74, 6) is -0.922. The van der Waals surface area contributed by atoms with Gasteiger partial charge in [0.1, 0.15) is 0 Å². The molecule has 0 aromatic rings. The number of carbonyl (C=O) groups excluding carboxylic acids is 1. The van der Waals surface area contributed by atoms with Gasteiger partial charge in [-0.25, -0.2) is 0 Å². The van der Waals surface area contributed by atoms with Crippen molar-refractivity contribution in [2.24, 2.45) is 0 Å². The topological polar surface area (TPSA) is 78.9 Å². The Bertz CT molecular complexity index is 246. The first-order chi connectivity index (χ1) is 8.60. The van der Waals surface area contributed by atoms with Gasteiger partial charge in [-0.15, -0.1) is 0 Å². The Balaban J connectivity index is 3.96. The Labute approximate surface area is 108 Å². The molecule has 0 heterocycles. The third-order valence-corrected chi connectivity index (χ3v) is 2.47. The summed E-state index contributed by atoms with van der Waals surface area (Å²) in [5, 5.41) is 11.4. The molecule has 0 spiro atoms. The van der Waals surface area contributed by atoms with Crippen LogP contribution in [0.2, 0.25) is 0 Å². The predicted molar refractivity (Wildman–Crippen MR) is 68.5 cm³/mol. The van der Waals surface area contributed by atoms with Gasteiger partial charge in [0, 0.05) is 26.7 Å². The lowest BCUT2D eigenvalue weighted by Gasteiger charge is -2.20. The number of unbranched alkanes of at least 4 members (excludes halogenated alkanes) is 1. The maximum atomic E-state index is 11.6. The van der Waals surface area contributed by atoms with Gasteiger partial charge in [0.2, 0.25) is 5.91 Å². The van der Waals surface area contributed by atoms with E-state index in [1.165, 1.54) is 0 Å². The summed E-state index contributed by atoms with van der Waals surface area (Å²) in [6.45, 7) is 4.36. The number of rotatable bonds is 11. The van der Waals surface area contributed by atoms with Crippen molar-refractivity contribution in [1.82, 2.24) is 10.2 Å². The van der Waals surface area contributed by atoms with Crippen molar-refractivity contribution >= 4 is 11.9 Å². The normalized spacial score (nSPS) is 10.6. The van der Waals surface area contributed by atoms with Gasteiger partial charge in [0.05, 0.1) is 19.6 Å². The quantitative estimate of drug-likeness (QED) is 0.523. The molecule has 106 valence electrons. The van der Waals surface area contributed by atoms with E-state index in [9.17, 15) is 9.59 Å². The fourth-order valence-corrected chi connectivity index (χ4v) is 1.41. The van der Waals surface area contributed by atoms with E-state index in [0.29, 0.717) is 26.2 Å². The van der Waals surface area contributed by atoms with Crippen LogP contribution in [0.25, 0.3) is 0 Å². The van der Waals surface area contributed by atoms with Gasteiger partial charge < -0.3 is 15.2 Å². The summed E-state index contributed by atoms with van der Waals surface area (Å²) in [5.41, 5.74) is 0. The number of ether oxygens (including phenoxy) is 1. The maximum Gasteiger partial charge on any atom is 0.304 e. The standard InChI is InChI=1S/C12H24N2O4/c1-3-4-6-13-11(15)10-14(8-9-18-2)7-5-12(16)17/h3-10H2,1-2H3,(H,13,15)(H,16,17). The highest BCUT2D eigenvalue weighted by molar-refractivity contribution is 5.78. The van der Waals surface area contributed by atoms with Crippen molar-refractivity contribution in [3.63, 3.8) is 0 Å². The molecule has 6 heteroatoms. The van der Waals surface area contributed by atoms with Gasteiger partial charge in [-0.1, -0.05) is 13.3 Å². The van der Waals surface area contributed by atoms with Gasteiger partial charge >= 0.3 is 5.97 Å². The van der Waals surface area contributed by atoms with Crippen LogP contribution in [0, 0.1) is 0 Å². The van der Waals surface area contributed by atoms with Crippen molar-refractivity contribution in [2.45, 2.75) is 26.2 Å². The summed E-state index contributed by atoms with van der Waals surface area (Å²) >= 11 is 0. The average Bonchev–Trinajstić information content (AvgIpc) is 2.32. The number of nitrogens with zero attached hydrogens (tertiary/aromatic N) is 1. The molecule has 0 unspecified atom stereocenters. The molecule has 0 saturated heterocycles. The average molecular weight is 260 g/mol. The predicted octanol–water partition coefficient (Wildman–Crippen LogP) is 0.326. The molecule has 0 aromatic carbocycles. The van der Waals surface area contributed by atoms with Crippen molar-refractivity contribution in [3.8, 4) is 0 Å². The van der Waals surface area contributed by atoms with E-state index in [4.69, 9.17) is 9.84 Å². The number of hydrogen-bond donors (Lipinski definition) is 2. The number of nitrogens with one attached hydrogen (secondary N) is 1. The number of aliphatic carboxylic acids is 1. The molecule has 0 aliphatic carbocycles. The Morgan fingerprint density at radius 3 is 2.61 bits per heavy atom. The van der Waals surface area contributed by atoms with Crippen LogP contribution in [0.15, 0.2) is 0 Å². The van der Waals surface area contributed by atoms with Crippen LogP contribution in [-0.2, 0) is 14.3 Å². The second kappa shape index (κ2) is 11.0. The monoisotopic (exact) mass is 260 g/mol. The SMILES string of the molecule is CCCCNC(=O)CN(CCOC)CCC(=O)O. The molecule has 6 nitrogen and oxygen atoms in total. The summed E-state index contributed by atoms with van der Waals surface area (Å²) in [7, 11) is 1.58. The number of carboxylic acids is 1. The molecular weight excluding hydrogens is 236 g/mol. The zero-order chi connectivity index (χ0) is 13.8. The largest absolute Gasteiger partial charge is 0.481 e. The number of methoxy groups -OCH3 is 1. The van der Waals surface area contributed by atoms with Gasteiger partial charge in [0.15, 0.2) is 0 Å². The molecular formula is C12H24N2O4. The molecule has 0 rings (SSSR count). The van der Waals surface area contributed by atoms with Crippen molar-refractivity contribution in [1.29, 1.82) is 0 Å². The van der Waals surface area contributed by atoms with Gasteiger partial charge in [-0.3, -0.25) is 14.5 Å². The molecule has 0 atom stereocenters. The lowest BCUT2D eigenvalue weighted by molar-refractivity contribution is -0.137. The van der Waals surface area contributed by atoms with E-state index < -0.39 is 5.97 Å². The fraction of sp³-hybridized carbons (Fsp3) is 0.833. The highest BCUT2D eigenvalue weighted by atomic mass is 16.5. The van der Waals surface area contributed by atoms with E-state index in [2.05, 4.69) is 12.2 Å². The molecule has 0 aliphatic rings. The fourth-order valence-electron chi connectivity index (χ4n) is 1.41. The number of hydrogen-bond acceptors (Lipinski definition) is 4. The summed E-state index contributed by atoms with van der Waals surface area (Å²) in [6, 6.07) is 0. The first-order valence-electron chi connectivity index (χ1n) is 6.30. The zero-order valence-corrected chi connectivity index (χ0v) is 11.3. The van der Waals surface area contributed by atoms with E-state index in [1.807, 2.05) is 0 Å². The lowest BCUT2D eigenvalue weighted by atomic mass is 10.3. The van der Waals surface area contributed by atoms with Crippen molar-refractivity contribution in [3.05, 3.63) is 0 Å². The number of carboxylic acid groups (broad SMARTS) is 1. The van der Waals surface area contributed by atoms with Crippen LogP contribution >= 0.6 is 0 Å². The van der Waals surface area contributed by atoms with Crippen LogP contribution in [0.1, 0.15) is 26.2 Å². The van der Waals surface area contributed by atoms with Crippen molar-refractivity contribution < 1.29 is 19.4 Å². The molecule has 2 N–H and O–H groups in total. The summed E-state index contributed by atoms with van der Waals surface area (Å²) in [6.07, 6.45) is 2.03. The number of amides is 1. The molecule has 1 amide bonds. The lowest BCUT2D eigenvalue weighted by Crippen LogP contribution is -2.40. The minimum atomic E-state index is -0.858. The van der Waals surface area contributed by atoms with E-state index in [1.54, 1.807) is 12.0 Å². The maximum absolute atomic E-state index is 11.6. The Morgan fingerprint density at radius 2 is 2.06 bits per heavy atom. The first kappa shape index (κ1) is 16.9. The zero-order valence-electron chi connectivity index (χ0n) is 11.3. The van der Waals surface area contributed by atoms with Gasteiger partial charge in [-0.05, 0) is 6.42 Å². The Hall–Kier alpha value is -1.14. The van der Waals surface area contributed by atoms with Gasteiger partial charge in [-0.2, -0.15) is 0 Å². The van der Waals surface area contributed by atoms with Crippen LogP contribution in [0.5, 0.6) is 0 Å². The second-order valence-corrected chi connectivity index (χ2v) is 4.12. The van der Waals surface area contributed by atoms with Crippen LogP contribution in [-0.4, -0.2) is 61.8 Å². The molecule has 0 aliphatic heterocycles. The Kier molecular flexibility index (Phi) is 10.3. The van der Waals surface area contributed by atoms with E-state index in [0.717, 1.165) is 12.8 Å². The third kappa shape index (κ3) is 10.0. The van der Waals surface area contributed by atoms with Crippen LogP contribution < -0.4 is 5.32 Å². The smallest absolute Gasteiger partial charge is 0.304 e. The molecule has 0 aromatic heterocycles. The molecule has 0 fully saturated rings. The summed E-state index contributed by atoms with van der Waals surface area (Å²) < 4.78 is 4.94. The molecule has 18 heavy (non-hydrogen) atoms. The minimum absolute atomic E-state index is 0.0337. The Morgan fingerprint density at radius 1 is 1.33 bits per heavy atom. The number of carbonyl (C=O) groups is 2. The molecule has 0 radical (unpaired) electrons.